The number of hydrogen-bond acceptors (Lipinski definition) is 8. The van der Waals surface area contributed by atoms with Crippen LogP contribution in [0.4, 0.5) is 13.2 Å². The summed E-state index contributed by atoms with van der Waals surface area (Å²) in [7, 11) is 0.0988. The van der Waals surface area contributed by atoms with E-state index in [4.69, 9.17) is 14.6 Å². The highest BCUT2D eigenvalue weighted by molar-refractivity contribution is 7.89. The van der Waals surface area contributed by atoms with E-state index in [0.717, 1.165) is 25.9 Å². The van der Waals surface area contributed by atoms with E-state index < -0.39 is 63.4 Å². The lowest BCUT2D eigenvalue weighted by atomic mass is 9.76. The van der Waals surface area contributed by atoms with E-state index in [-0.39, 0.29) is 17.9 Å². The Kier molecular flexibility index (Phi) is 10.2. The van der Waals surface area contributed by atoms with Gasteiger partial charge in [0.15, 0.2) is 0 Å². The monoisotopic (exact) mass is 675 g/mol. The number of methoxy groups -OCH3 is 1. The molecule has 250 valence electrons. The maximum atomic E-state index is 13.6. The predicted octanol–water partition coefficient (Wildman–Crippen LogP) is 2.96. The van der Waals surface area contributed by atoms with Crippen LogP contribution in [0.25, 0.3) is 11.1 Å². The third-order valence-electron chi connectivity index (χ3n) is 8.22. The largest absolute Gasteiger partial charge is 0.490 e. The lowest BCUT2D eigenvalue weighted by Crippen LogP contribution is -2.59. The third-order valence-corrected chi connectivity index (χ3v) is 10.1. The first-order valence-electron chi connectivity index (χ1n) is 14.2. The van der Waals surface area contributed by atoms with Gasteiger partial charge in [-0.25, -0.2) is 13.2 Å². The highest BCUT2D eigenvalue weighted by atomic mass is 32.2. The van der Waals surface area contributed by atoms with Crippen molar-refractivity contribution in [2.24, 2.45) is 11.8 Å². The van der Waals surface area contributed by atoms with Gasteiger partial charge in [-0.2, -0.15) is 17.5 Å². The molecule has 4 atom stereocenters. The summed E-state index contributed by atoms with van der Waals surface area (Å²) in [5.41, 5.74) is 1.08. The van der Waals surface area contributed by atoms with Gasteiger partial charge in [0.2, 0.25) is 21.8 Å². The summed E-state index contributed by atoms with van der Waals surface area (Å²) in [6.45, 7) is -0.135. The molecule has 2 N–H and O–H groups in total. The molecule has 2 amide bonds. The number of hydrogen-bond donors (Lipinski definition) is 2. The summed E-state index contributed by atoms with van der Waals surface area (Å²) in [6, 6.07) is 24.5. The first kappa shape index (κ1) is 35.3. The van der Waals surface area contributed by atoms with Gasteiger partial charge < -0.3 is 9.84 Å². The van der Waals surface area contributed by atoms with Crippen molar-refractivity contribution >= 4 is 33.8 Å². The molecule has 5 rings (SSSR count). The molecule has 2 saturated heterocycles. The normalized spacial score (nSPS) is 22.4. The van der Waals surface area contributed by atoms with Crippen molar-refractivity contribution in [3.8, 4) is 11.1 Å². The van der Waals surface area contributed by atoms with Crippen molar-refractivity contribution in [1.29, 1.82) is 0 Å². The van der Waals surface area contributed by atoms with Crippen LogP contribution in [-0.4, -0.2) is 92.0 Å². The molecule has 2 aliphatic rings. The molecule has 0 aliphatic carbocycles. The Hall–Kier alpha value is -4.60. The van der Waals surface area contributed by atoms with E-state index >= 15 is 0 Å². The molecule has 0 spiro atoms. The number of imide groups is 1. The third kappa shape index (κ3) is 7.06. The summed E-state index contributed by atoms with van der Waals surface area (Å²) >= 11 is 0. The molecule has 0 radical (unpaired) electrons. The maximum Gasteiger partial charge on any atom is 0.490 e. The van der Waals surface area contributed by atoms with Gasteiger partial charge in [-0.05, 0) is 28.8 Å². The second kappa shape index (κ2) is 13.6. The fraction of sp³-hybridized carbons (Fsp3) is 0.312. The Bertz CT molecular complexity index is 1740. The van der Waals surface area contributed by atoms with Crippen molar-refractivity contribution in [3.05, 3.63) is 90.5 Å². The molecular weight excluding hydrogens is 643 g/mol. The summed E-state index contributed by atoms with van der Waals surface area (Å²) in [5, 5.41) is 10.3. The minimum atomic E-state index is -5.08. The number of nitrogens with one attached hydrogen (secondary N) is 1. The summed E-state index contributed by atoms with van der Waals surface area (Å²) in [5.74, 6) is -6.35. The van der Waals surface area contributed by atoms with Crippen LogP contribution in [0.3, 0.4) is 0 Å². The first-order chi connectivity index (χ1) is 22.0. The Morgan fingerprint density at radius 1 is 0.936 bits per heavy atom. The van der Waals surface area contributed by atoms with E-state index in [1.54, 1.807) is 24.3 Å². The fourth-order valence-corrected chi connectivity index (χ4v) is 7.15. The zero-order valence-corrected chi connectivity index (χ0v) is 26.3. The van der Waals surface area contributed by atoms with Crippen LogP contribution in [0.2, 0.25) is 0 Å². The van der Waals surface area contributed by atoms with E-state index in [1.165, 1.54) is 21.2 Å². The van der Waals surface area contributed by atoms with E-state index in [2.05, 4.69) is 5.32 Å². The fourth-order valence-electron chi connectivity index (χ4n) is 5.95. The van der Waals surface area contributed by atoms with Gasteiger partial charge in [-0.15, -0.1) is 0 Å². The average Bonchev–Trinajstić information content (AvgIpc) is 3.49. The number of carbonyl (C=O) groups excluding carboxylic acids is 3. The Labute approximate surface area is 269 Å². The number of amides is 2. The highest BCUT2D eigenvalue weighted by Crippen LogP contribution is 2.45. The van der Waals surface area contributed by atoms with Crippen LogP contribution in [-0.2, 0) is 40.4 Å². The molecule has 2 heterocycles. The summed E-state index contributed by atoms with van der Waals surface area (Å²) < 4.78 is 65.2. The number of benzene rings is 3. The molecule has 0 saturated carbocycles. The zero-order chi connectivity index (χ0) is 34.7. The van der Waals surface area contributed by atoms with Gasteiger partial charge in [0.05, 0.1) is 23.8 Å². The number of fused-ring (bicyclic) bond motifs is 1. The SMILES string of the molecule is COC(=O)[C@]1(Cc2ccccc2)N[C@H](CN(C)S(=O)(=O)c2ccc(-c3ccccc3)cc2)[C@@H]2C(=O)N(C)C(=O)[C@@H]21.O=C(O)C(F)(F)F. The molecule has 0 aromatic heterocycles. The molecular formula is C32H32F3N3O8S. The summed E-state index contributed by atoms with van der Waals surface area (Å²) in [6.07, 6.45) is -4.98. The van der Waals surface area contributed by atoms with Crippen molar-refractivity contribution in [2.75, 3.05) is 27.7 Å². The standard InChI is InChI=1S/C30H31N3O6S.C2HF3O2/c1-32(40(37,38)23-16-14-22(15-17-23)21-12-8-5-9-13-21)19-24-25-26(28(35)33(2)27(25)34)30(31-24,29(36)39-3)18-20-10-6-4-7-11-20;3-2(4,5)1(6)7/h4-17,24-26,31H,18-19H2,1-3H3;(H,6,7)/t24-,25+,26-,30-;/m1./s1. The molecule has 0 unspecified atom stereocenters. The molecule has 0 bridgehead atoms. The maximum absolute atomic E-state index is 13.6. The Morgan fingerprint density at radius 2 is 1.45 bits per heavy atom. The van der Waals surface area contributed by atoms with Crippen LogP contribution in [0, 0.1) is 11.8 Å². The number of likely N-dealkylation sites (N-methyl/N-ethyl adjacent to an activating group) is 1. The second-order valence-electron chi connectivity index (χ2n) is 11.1. The second-order valence-corrected chi connectivity index (χ2v) is 13.1. The topological polar surface area (TPSA) is 150 Å². The predicted molar refractivity (Wildman–Crippen MR) is 162 cm³/mol. The van der Waals surface area contributed by atoms with Crippen molar-refractivity contribution < 1.29 is 50.6 Å². The lowest BCUT2D eigenvalue weighted by Gasteiger charge is -2.32. The van der Waals surface area contributed by atoms with Gasteiger partial charge in [0.25, 0.3) is 0 Å². The number of aliphatic carboxylic acids is 1. The van der Waals surface area contributed by atoms with Gasteiger partial charge in [-0.1, -0.05) is 72.8 Å². The lowest BCUT2D eigenvalue weighted by molar-refractivity contribution is -0.192. The molecule has 3 aromatic carbocycles. The number of carboxylic acid groups (broad SMARTS) is 1. The molecule has 3 aromatic rings. The summed E-state index contributed by atoms with van der Waals surface area (Å²) in [4.78, 5) is 50.0. The number of alkyl halides is 3. The average molecular weight is 676 g/mol. The van der Waals surface area contributed by atoms with E-state index in [1.807, 2.05) is 60.7 Å². The van der Waals surface area contributed by atoms with E-state index in [9.17, 15) is 36.0 Å². The first-order valence-corrected chi connectivity index (χ1v) is 15.6. The van der Waals surface area contributed by atoms with Gasteiger partial charge in [0.1, 0.15) is 5.54 Å². The van der Waals surface area contributed by atoms with Crippen LogP contribution in [0.15, 0.2) is 89.8 Å². The number of carboxylic acids is 1. The van der Waals surface area contributed by atoms with Crippen molar-refractivity contribution in [1.82, 2.24) is 14.5 Å². The number of rotatable bonds is 8. The van der Waals surface area contributed by atoms with Crippen LogP contribution >= 0.6 is 0 Å². The minimum absolute atomic E-state index is 0.0960. The number of ether oxygens (including phenoxy) is 1. The van der Waals surface area contributed by atoms with Crippen LogP contribution in [0.1, 0.15) is 5.56 Å². The number of carbonyl (C=O) groups is 4. The molecule has 15 heteroatoms. The quantitative estimate of drug-likeness (QED) is 0.271. The number of sulfonamides is 1. The Morgan fingerprint density at radius 3 is 1.96 bits per heavy atom. The molecule has 2 aliphatic heterocycles. The number of esters is 1. The van der Waals surface area contributed by atoms with E-state index in [0.29, 0.717) is 0 Å². The molecule has 2 fully saturated rings. The van der Waals surface area contributed by atoms with Crippen LogP contribution in [0.5, 0.6) is 0 Å². The van der Waals surface area contributed by atoms with Crippen molar-refractivity contribution in [2.45, 2.75) is 29.1 Å². The highest BCUT2D eigenvalue weighted by Gasteiger charge is 2.68. The Balaban J connectivity index is 0.000000644. The molecule has 47 heavy (non-hydrogen) atoms. The smallest absolute Gasteiger partial charge is 0.475 e. The number of halogens is 3. The molecule has 11 nitrogen and oxygen atoms in total. The van der Waals surface area contributed by atoms with Crippen LogP contribution < -0.4 is 5.32 Å². The van der Waals surface area contributed by atoms with Crippen molar-refractivity contribution in [3.63, 3.8) is 0 Å². The minimum Gasteiger partial charge on any atom is -0.475 e. The number of likely N-dealkylation sites (tertiary alicyclic amines) is 1. The van der Waals surface area contributed by atoms with Gasteiger partial charge in [-0.3, -0.25) is 24.6 Å². The number of nitrogens with zero attached hydrogens (tertiary/aromatic N) is 2. The van der Waals surface area contributed by atoms with Gasteiger partial charge in [0, 0.05) is 33.1 Å². The van der Waals surface area contributed by atoms with Gasteiger partial charge >= 0.3 is 18.1 Å². The zero-order valence-electron chi connectivity index (χ0n) is 25.5.